The number of β-amino-alcohol motifs (C(OH)–C–C–N with tert-alkyl or cyclic N) is 1. The normalized spacial score (nSPS) is 20.3. The van der Waals surface area contributed by atoms with Gasteiger partial charge in [-0.3, -0.25) is 9.88 Å². The zero-order chi connectivity index (χ0) is 13.1. The van der Waals surface area contributed by atoms with Crippen LogP contribution in [0.15, 0.2) is 12.1 Å². The van der Waals surface area contributed by atoms with Gasteiger partial charge < -0.3 is 10.0 Å². The third-order valence-corrected chi connectivity index (χ3v) is 3.57. The summed E-state index contributed by atoms with van der Waals surface area (Å²) in [4.78, 5) is 9.13. The molecule has 2 rings (SSSR count). The molecule has 1 aliphatic heterocycles. The fraction of sp³-hybridized carbons (Fsp3) is 0.643. The Labute approximate surface area is 109 Å². The molecule has 1 aliphatic rings. The molecule has 0 radical (unpaired) electrons. The topological polar surface area (TPSA) is 39.6 Å². The van der Waals surface area contributed by atoms with Crippen molar-refractivity contribution >= 4 is 5.69 Å². The molecular weight excluding hydrogens is 226 g/mol. The van der Waals surface area contributed by atoms with Crippen LogP contribution in [0.3, 0.4) is 0 Å². The molecule has 0 aromatic carbocycles. The number of likely N-dealkylation sites (tertiary alicyclic amines) is 1. The zero-order valence-electron chi connectivity index (χ0n) is 11.6. The highest BCUT2D eigenvalue weighted by atomic mass is 16.3. The minimum absolute atomic E-state index is 0.225. The molecule has 1 aromatic heterocycles. The molecule has 0 saturated carbocycles. The lowest BCUT2D eigenvalue weighted by atomic mass is 10.1. The summed E-state index contributed by atoms with van der Waals surface area (Å²) >= 11 is 0. The van der Waals surface area contributed by atoms with Crippen LogP contribution < -0.4 is 4.90 Å². The fourth-order valence-electron chi connectivity index (χ4n) is 2.66. The molecule has 0 spiro atoms. The summed E-state index contributed by atoms with van der Waals surface area (Å²) in [6, 6.07) is 4.65. The summed E-state index contributed by atoms with van der Waals surface area (Å²) in [6.07, 6.45) is 2.33. The van der Waals surface area contributed by atoms with Crippen molar-refractivity contribution in [1.29, 1.82) is 0 Å². The lowest BCUT2D eigenvalue weighted by Crippen LogP contribution is -2.27. The summed E-state index contributed by atoms with van der Waals surface area (Å²) in [5.74, 6) is 0. The maximum atomic E-state index is 9.12. The van der Waals surface area contributed by atoms with Crippen LogP contribution in [0.2, 0.25) is 0 Å². The third-order valence-electron chi connectivity index (χ3n) is 3.57. The predicted octanol–water partition coefficient (Wildman–Crippen LogP) is 1.59. The molecule has 0 bridgehead atoms. The van der Waals surface area contributed by atoms with E-state index in [1.54, 1.807) is 0 Å². The van der Waals surface area contributed by atoms with E-state index in [9.17, 15) is 0 Å². The van der Waals surface area contributed by atoms with Crippen molar-refractivity contribution in [3.05, 3.63) is 23.5 Å². The molecule has 1 aromatic rings. The summed E-state index contributed by atoms with van der Waals surface area (Å²) in [7, 11) is 4.11. The molecule has 18 heavy (non-hydrogen) atoms. The number of aromatic nitrogens is 1. The minimum Gasteiger partial charge on any atom is -0.395 e. The Kier molecular flexibility index (Phi) is 4.19. The number of anilines is 1. The number of aryl methyl sites for hydroxylation is 1. The molecule has 1 fully saturated rings. The van der Waals surface area contributed by atoms with Crippen LogP contribution in [0.5, 0.6) is 0 Å². The van der Waals surface area contributed by atoms with Crippen molar-refractivity contribution in [2.75, 3.05) is 38.7 Å². The van der Waals surface area contributed by atoms with Crippen LogP contribution >= 0.6 is 0 Å². The lowest BCUT2D eigenvalue weighted by Gasteiger charge is -2.24. The van der Waals surface area contributed by atoms with E-state index in [0.29, 0.717) is 6.04 Å². The van der Waals surface area contributed by atoms with Gasteiger partial charge in [-0.15, -0.1) is 0 Å². The van der Waals surface area contributed by atoms with Crippen molar-refractivity contribution in [2.24, 2.45) is 0 Å². The van der Waals surface area contributed by atoms with Gasteiger partial charge in [0.1, 0.15) is 0 Å². The van der Waals surface area contributed by atoms with Gasteiger partial charge >= 0.3 is 0 Å². The standard InChI is InChI=1S/C14H23N3O/c1-11-9-12(16(2)3)10-13(15-11)14-5-4-6-17(14)7-8-18/h9-10,14,18H,4-8H2,1-3H3. The first kappa shape index (κ1) is 13.3. The Bertz CT molecular complexity index is 406. The zero-order valence-corrected chi connectivity index (χ0v) is 11.6. The first-order chi connectivity index (χ1) is 8.61. The smallest absolute Gasteiger partial charge is 0.0599 e. The average molecular weight is 249 g/mol. The monoisotopic (exact) mass is 249 g/mol. The number of aliphatic hydroxyl groups is 1. The number of aliphatic hydroxyl groups excluding tert-OH is 1. The second-order valence-corrected chi connectivity index (χ2v) is 5.20. The largest absolute Gasteiger partial charge is 0.395 e. The van der Waals surface area contributed by atoms with Crippen molar-refractivity contribution < 1.29 is 5.11 Å². The van der Waals surface area contributed by atoms with Crippen LogP contribution in [-0.2, 0) is 0 Å². The fourth-order valence-corrected chi connectivity index (χ4v) is 2.66. The SMILES string of the molecule is Cc1cc(N(C)C)cc(C2CCCN2CCO)n1. The predicted molar refractivity (Wildman–Crippen MR) is 73.9 cm³/mol. The lowest BCUT2D eigenvalue weighted by molar-refractivity contribution is 0.183. The van der Waals surface area contributed by atoms with E-state index in [4.69, 9.17) is 5.11 Å². The van der Waals surface area contributed by atoms with Gasteiger partial charge in [-0.1, -0.05) is 0 Å². The van der Waals surface area contributed by atoms with Crippen molar-refractivity contribution in [1.82, 2.24) is 9.88 Å². The van der Waals surface area contributed by atoms with Gasteiger partial charge in [-0.05, 0) is 38.4 Å². The van der Waals surface area contributed by atoms with Gasteiger partial charge in [-0.2, -0.15) is 0 Å². The highest BCUT2D eigenvalue weighted by Crippen LogP contribution is 2.32. The van der Waals surface area contributed by atoms with E-state index in [1.165, 1.54) is 12.1 Å². The quantitative estimate of drug-likeness (QED) is 0.879. The Morgan fingerprint density at radius 1 is 1.44 bits per heavy atom. The Hall–Kier alpha value is -1.13. The van der Waals surface area contributed by atoms with Crippen LogP contribution in [-0.4, -0.2) is 48.8 Å². The third kappa shape index (κ3) is 2.82. The van der Waals surface area contributed by atoms with Crippen molar-refractivity contribution in [3.8, 4) is 0 Å². The van der Waals surface area contributed by atoms with Crippen LogP contribution in [0.4, 0.5) is 5.69 Å². The summed E-state index contributed by atoms with van der Waals surface area (Å²) in [5.41, 5.74) is 3.41. The van der Waals surface area contributed by atoms with E-state index < -0.39 is 0 Å². The summed E-state index contributed by atoms with van der Waals surface area (Å²) in [5, 5.41) is 9.12. The van der Waals surface area contributed by atoms with E-state index in [-0.39, 0.29) is 6.61 Å². The van der Waals surface area contributed by atoms with Crippen LogP contribution in [0, 0.1) is 6.92 Å². The summed E-state index contributed by atoms with van der Waals surface area (Å²) < 4.78 is 0. The highest BCUT2D eigenvalue weighted by molar-refractivity contribution is 5.47. The number of rotatable bonds is 4. The van der Waals surface area contributed by atoms with E-state index in [1.807, 2.05) is 6.92 Å². The molecule has 100 valence electrons. The molecule has 0 amide bonds. The van der Waals surface area contributed by atoms with E-state index >= 15 is 0 Å². The molecule has 1 saturated heterocycles. The molecular formula is C14H23N3O. The maximum absolute atomic E-state index is 9.12. The second-order valence-electron chi connectivity index (χ2n) is 5.20. The first-order valence-electron chi connectivity index (χ1n) is 6.62. The molecule has 1 unspecified atom stereocenters. The van der Waals surface area contributed by atoms with Gasteiger partial charge in [0.15, 0.2) is 0 Å². The number of hydrogen-bond acceptors (Lipinski definition) is 4. The van der Waals surface area contributed by atoms with Crippen LogP contribution in [0.1, 0.15) is 30.3 Å². The highest BCUT2D eigenvalue weighted by Gasteiger charge is 2.26. The Morgan fingerprint density at radius 3 is 2.89 bits per heavy atom. The minimum atomic E-state index is 0.225. The van der Waals surface area contributed by atoms with Crippen molar-refractivity contribution in [2.45, 2.75) is 25.8 Å². The molecule has 0 aliphatic carbocycles. The van der Waals surface area contributed by atoms with E-state index in [0.717, 1.165) is 30.9 Å². The van der Waals surface area contributed by atoms with E-state index in [2.05, 4.69) is 41.0 Å². The number of nitrogens with zero attached hydrogens (tertiary/aromatic N) is 3. The van der Waals surface area contributed by atoms with Gasteiger partial charge in [0.05, 0.1) is 18.3 Å². The van der Waals surface area contributed by atoms with Gasteiger partial charge in [0, 0.05) is 32.0 Å². The first-order valence-corrected chi connectivity index (χ1v) is 6.62. The molecule has 4 nitrogen and oxygen atoms in total. The average Bonchev–Trinajstić information content (AvgIpc) is 2.77. The summed E-state index contributed by atoms with van der Waals surface area (Å²) in [6.45, 7) is 4.08. The van der Waals surface area contributed by atoms with Gasteiger partial charge in [0.2, 0.25) is 0 Å². The molecule has 1 atom stereocenters. The second kappa shape index (κ2) is 5.67. The number of pyridine rings is 1. The Balaban J connectivity index is 2.26. The van der Waals surface area contributed by atoms with Crippen LogP contribution in [0.25, 0.3) is 0 Å². The van der Waals surface area contributed by atoms with Gasteiger partial charge in [0.25, 0.3) is 0 Å². The van der Waals surface area contributed by atoms with Gasteiger partial charge in [-0.25, -0.2) is 0 Å². The maximum Gasteiger partial charge on any atom is 0.0599 e. The molecule has 1 N–H and O–H groups in total. The van der Waals surface area contributed by atoms with Crippen molar-refractivity contribution in [3.63, 3.8) is 0 Å². The Morgan fingerprint density at radius 2 is 2.22 bits per heavy atom. The molecule has 4 heteroatoms. The molecule has 2 heterocycles. The number of hydrogen-bond donors (Lipinski definition) is 1.